The average Bonchev–Trinajstić information content (AvgIpc) is 2.71. The van der Waals surface area contributed by atoms with Gasteiger partial charge in [0.15, 0.2) is 12.0 Å². The fourth-order valence-corrected chi connectivity index (χ4v) is 2.66. The molecule has 198 valence electrons. The standard InChI is InChI=1S/C18H32N8O9/c1-7(27)13(17(34)35)26-16(33)10(6-12(29)30)25-15(32)9(3-2-4-23-18(21)22)24-14(31)8(19)5-11(20)28/h7-10,13,27H,2-6,19H2,1H3,(H2,20,28)(H,24,31)(H,25,32)(H,26,33)(H,29,30)(H,34,35)(H4,21,22,23). The van der Waals surface area contributed by atoms with Crippen LogP contribution in [0.15, 0.2) is 4.99 Å². The summed E-state index contributed by atoms with van der Waals surface area (Å²) in [5, 5.41) is 34.1. The summed E-state index contributed by atoms with van der Waals surface area (Å²) in [4.78, 5) is 74.7. The minimum atomic E-state index is -1.78. The number of amides is 4. The molecule has 0 rings (SSSR count). The molecule has 0 fully saturated rings. The molecule has 0 bridgehead atoms. The molecule has 0 heterocycles. The zero-order chi connectivity index (χ0) is 27.3. The number of nitrogens with two attached hydrogens (primary N) is 4. The largest absolute Gasteiger partial charge is 0.481 e. The van der Waals surface area contributed by atoms with Crippen molar-refractivity contribution in [1.29, 1.82) is 0 Å². The van der Waals surface area contributed by atoms with Crippen LogP contribution < -0.4 is 38.9 Å². The first-order valence-corrected chi connectivity index (χ1v) is 10.3. The van der Waals surface area contributed by atoms with E-state index in [1.165, 1.54) is 0 Å². The molecular formula is C18H32N8O9. The third-order valence-electron chi connectivity index (χ3n) is 4.39. The van der Waals surface area contributed by atoms with Crippen LogP contribution in [-0.4, -0.2) is 93.7 Å². The van der Waals surface area contributed by atoms with Gasteiger partial charge < -0.3 is 54.2 Å². The Bertz CT molecular complexity index is 829. The van der Waals surface area contributed by atoms with Crippen molar-refractivity contribution >= 4 is 41.5 Å². The third kappa shape index (κ3) is 12.7. The number of nitrogens with zero attached hydrogens (tertiary/aromatic N) is 1. The molecule has 17 heteroatoms. The number of hydrogen-bond donors (Lipinski definition) is 10. The van der Waals surface area contributed by atoms with E-state index in [1.54, 1.807) is 0 Å². The van der Waals surface area contributed by atoms with Gasteiger partial charge in [0.25, 0.3) is 0 Å². The van der Waals surface area contributed by atoms with Gasteiger partial charge in [-0.1, -0.05) is 0 Å². The predicted molar refractivity (Wildman–Crippen MR) is 119 cm³/mol. The molecule has 0 aliphatic heterocycles. The highest BCUT2D eigenvalue weighted by molar-refractivity contribution is 5.96. The van der Waals surface area contributed by atoms with Gasteiger partial charge >= 0.3 is 11.9 Å². The maximum atomic E-state index is 12.8. The Morgan fingerprint density at radius 2 is 1.40 bits per heavy atom. The van der Waals surface area contributed by atoms with Crippen molar-refractivity contribution in [3.63, 3.8) is 0 Å². The molecule has 0 aromatic carbocycles. The number of carboxylic acids is 2. The van der Waals surface area contributed by atoms with Crippen molar-refractivity contribution in [2.24, 2.45) is 27.9 Å². The van der Waals surface area contributed by atoms with E-state index in [0.717, 1.165) is 6.92 Å². The Morgan fingerprint density at radius 1 is 0.857 bits per heavy atom. The summed E-state index contributed by atoms with van der Waals surface area (Å²) in [5.74, 6) is -7.34. The second-order valence-corrected chi connectivity index (χ2v) is 7.51. The molecule has 0 aromatic heterocycles. The van der Waals surface area contributed by atoms with Gasteiger partial charge in [0.05, 0.1) is 25.0 Å². The molecule has 0 saturated heterocycles. The van der Waals surface area contributed by atoms with E-state index in [9.17, 15) is 33.9 Å². The Hall–Kier alpha value is -3.99. The lowest BCUT2D eigenvalue weighted by Gasteiger charge is -2.25. The first-order valence-electron chi connectivity index (χ1n) is 10.3. The smallest absolute Gasteiger partial charge is 0.328 e. The molecule has 0 radical (unpaired) electrons. The van der Waals surface area contributed by atoms with Crippen molar-refractivity contribution in [1.82, 2.24) is 16.0 Å². The van der Waals surface area contributed by atoms with Crippen LogP contribution in [0.5, 0.6) is 0 Å². The van der Waals surface area contributed by atoms with Gasteiger partial charge in [0.2, 0.25) is 23.6 Å². The number of carboxylic acid groups (broad SMARTS) is 2. The van der Waals surface area contributed by atoms with E-state index >= 15 is 0 Å². The molecule has 17 nitrogen and oxygen atoms in total. The first kappa shape index (κ1) is 31.0. The Balaban J connectivity index is 5.64. The van der Waals surface area contributed by atoms with Gasteiger partial charge in [-0.15, -0.1) is 0 Å². The number of aliphatic carboxylic acids is 2. The van der Waals surface area contributed by atoms with Crippen LogP contribution in [0.2, 0.25) is 0 Å². The fourth-order valence-electron chi connectivity index (χ4n) is 2.66. The third-order valence-corrected chi connectivity index (χ3v) is 4.39. The predicted octanol–water partition coefficient (Wildman–Crippen LogP) is -5.36. The summed E-state index contributed by atoms with van der Waals surface area (Å²) in [7, 11) is 0. The molecule has 0 aliphatic carbocycles. The van der Waals surface area contributed by atoms with E-state index in [4.69, 9.17) is 33.1 Å². The lowest BCUT2D eigenvalue weighted by atomic mass is 10.1. The molecule has 5 unspecified atom stereocenters. The van der Waals surface area contributed by atoms with E-state index in [-0.39, 0.29) is 25.3 Å². The highest BCUT2D eigenvalue weighted by Gasteiger charge is 2.33. The normalized spacial score (nSPS) is 14.8. The van der Waals surface area contributed by atoms with Crippen LogP contribution in [0.3, 0.4) is 0 Å². The second kappa shape index (κ2) is 15.0. The van der Waals surface area contributed by atoms with E-state index in [2.05, 4.69) is 15.6 Å². The van der Waals surface area contributed by atoms with Gasteiger partial charge in [-0.25, -0.2) is 4.79 Å². The molecule has 0 saturated carbocycles. The van der Waals surface area contributed by atoms with Crippen LogP contribution >= 0.6 is 0 Å². The SMILES string of the molecule is CC(O)C(NC(=O)C(CC(=O)O)NC(=O)C(CCCN=C(N)N)NC(=O)C(N)CC(N)=O)C(=O)O. The highest BCUT2D eigenvalue weighted by atomic mass is 16.4. The summed E-state index contributed by atoms with van der Waals surface area (Å²) >= 11 is 0. The maximum Gasteiger partial charge on any atom is 0.328 e. The fraction of sp³-hybridized carbons (Fsp3) is 0.611. The number of carbonyl (C=O) groups is 6. The Kier molecular flexibility index (Phi) is 13.3. The number of carbonyl (C=O) groups excluding carboxylic acids is 4. The molecule has 0 aromatic rings. The van der Waals surface area contributed by atoms with Gasteiger partial charge in [0.1, 0.15) is 12.1 Å². The lowest BCUT2D eigenvalue weighted by molar-refractivity contribution is -0.146. The van der Waals surface area contributed by atoms with E-state index in [1.807, 2.05) is 5.32 Å². The first-order chi connectivity index (χ1) is 16.1. The summed E-state index contributed by atoms with van der Waals surface area (Å²) in [5.41, 5.74) is 21.0. The number of guanidine groups is 1. The summed E-state index contributed by atoms with van der Waals surface area (Å²) in [6, 6.07) is -6.30. The van der Waals surface area contributed by atoms with Gasteiger partial charge in [-0.3, -0.25) is 29.0 Å². The monoisotopic (exact) mass is 504 g/mol. The van der Waals surface area contributed by atoms with Crippen molar-refractivity contribution in [3.8, 4) is 0 Å². The quantitative estimate of drug-likeness (QED) is 0.0535. The van der Waals surface area contributed by atoms with Crippen LogP contribution in [0.4, 0.5) is 0 Å². The minimum Gasteiger partial charge on any atom is -0.481 e. The molecule has 0 spiro atoms. The summed E-state index contributed by atoms with van der Waals surface area (Å²) in [6.45, 7) is 1.14. The molecule has 14 N–H and O–H groups in total. The number of primary amides is 1. The Morgan fingerprint density at radius 3 is 1.86 bits per heavy atom. The maximum absolute atomic E-state index is 12.8. The number of hydrogen-bond acceptors (Lipinski definition) is 9. The Labute approximate surface area is 199 Å². The van der Waals surface area contributed by atoms with Gasteiger partial charge in [-0.2, -0.15) is 0 Å². The van der Waals surface area contributed by atoms with Crippen LogP contribution in [0, 0.1) is 0 Å². The average molecular weight is 505 g/mol. The van der Waals surface area contributed by atoms with Gasteiger partial charge in [-0.05, 0) is 19.8 Å². The lowest BCUT2D eigenvalue weighted by Crippen LogP contribution is -2.58. The van der Waals surface area contributed by atoms with Crippen LogP contribution in [-0.2, 0) is 28.8 Å². The molecule has 4 amide bonds. The zero-order valence-electron chi connectivity index (χ0n) is 19.0. The second-order valence-electron chi connectivity index (χ2n) is 7.51. The van der Waals surface area contributed by atoms with Crippen LogP contribution in [0.1, 0.15) is 32.6 Å². The number of aliphatic hydroxyl groups is 1. The summed E-state index contributed by atoms with van der Waals surface area (Å²) < 4.78 is 0. The molecule has 35 heavy (non-hydrogen) atoms. The summed E-state index contributed by atoms with van der Waals surface area (Å²) in [6.07, 6.45) is -2.94. The van der Waals surface area contributed by atoms with Crippen molar-refractivity contribution in [2.45, 2.75) is 62.9 Å². The number of aliphatic hydroxyl groups excluding tert-OH is 1. The number of rotatable bonds is 16. The highest BCUT2D eigenvalue weighted by Crippen LogP contribution is 2.04. The molecule has 5 atom stereocenters. The van der Waals surface area contributed by atoms with E-state index < -0.39 is 78.7 Å². The number of nitrogens with one attached hydrogen (secondary N) is 3. The zero-order valence-corrected chi connectivity index (χ0v) is 19.0. The van der Waals surface area contributed by atoms with Crippen molar-refractivity contribution in [3.05, 3.63) is 0 Å². The minimum absolute atomic E-state index is 0.0586. The molecule has 0 aliphatic rings. The topological polar surface area (TPSA) is 316 Å². The van der Waals surface area contributed by atoms with Crippen molar-refractivity contribution in [2.75, 3.05) is 6.54 Å². The van der Waals surface area contributed by atoms with Gasteiger partial charge in [0, 0.05) is 6.54 Å². The number of aliphatic imine (C=N–C) groups is 1. The van der Waals surface area contributed by atoms with Crippen LogP contribution in [0.25, 0.3) is 0 Å². The molecular weight excluding hydrogens is 472 g/mol. The van der Waals surface area contributed by atoms with E-state index in [0.29, 0.717) is 0 Å². The van der Waals surface area contributed by atoms with Crippen molar-refractivity contribution < 1.29 is 44.1 Å².